The summed E-state index contributed by atoms with van der Waals surface area (Å²) in [5.74, 6) is 1.45. The molecule has 0 bridgehead atoms. The number of rotatable bonds is 4. The molecule has 110 valence electrons. The number of aromatic carboxylic acids is 1. The molecule has 4 heteroatoms. The van der Waals surface area contributed by atoms with Gasteiger partial charge in [-0.1, -0.05) is 12.5 Å². The highest BCUT2D eigenvalue weighted by Gasteiger charge is 2.35. The van der Waals surface area contributed by atoms with Crippen molar-refractivity contribution in [1.82, 2.24) is 9.55 Å². The van der Waals surface area contributed by atoms with Crippen LogP contribution in [0.2, 0.25) is 0 Å². The first-order chi connectivity index (χ1) is 10.2. The summed E-state index contributed by atoms with van der Waals surface area (Å²) in [6.07, 6.45) is 6.17. The summed E-state index contributed by atoms with van der Waals surface area (Å²) in [5.41, 5.74) is 2.05. The molecule has 4 nitrogen and oxygen atoms in total. The monoisotopic (exact) mass is 284 g/mol. The van der Waals surface area contributed by atoms with Crippen molar-refractivity contribution in [2.45, 2.75) is 51.0 Å². The van der Waals surface area contributed by atoms with Crippen molar-refractivity contribution in [3.63, 3.8) is 0 Å². The number of hydrogen-bond acceptors (Lipinski definition) is 2. The number of carboxylic acids is 1. The van der Waals surface area contributed by atoms with Crippen LogP contribution in [0.1, 0.15) is 67.2 Å². The number of imidazole rings is 1. The SMILES string of the molecule is CC(C1CCC1)n1c(C2CC2)nc2cccc(C(=O)O)c21. The lowest BCUT2D eigenvalue weighted by molar-refractivity contribution is 0.0698. The summed E-state index contributed by atoms with van der Waals surface area (Å²) in [6.45, 7) is 2.23. The number of nitrogens with zero attached hydrogens (tertiary/aromatic N) is 2. The number of para-hydroxylation sites is 1. The minimum absolute atomic E-state index is 0.347. The van der Waals surface area contributed by atoms with Gasteiger partial charge in [0, 0.05) is 12.0 Å². The molecular formula is C17H20N2O2. The van der Waals surface area contributed by atoms with E-state index in [2.05, 4.69) is 11.5 Å². The Labute approximate surface area is 123 Å². The van der Waals surface area contributed by atoms with Crippen LogP contribution in [-0.2, 0) is 0 Å². The molecule has 1 heterocycles. The van der Waals surface area contributed by atoms with Gasteiger partial charge in [0.1, 0.15) is 5.82 Å². The smallest absolute Gasteiger partial charge is 0.337 e. The fourth-order valence-electron chi connectivity index (χ4n) is 3.51. The Balaban J connectivity index is 1.95. The standard InChI is InChI=1S/C17H20N2O2/c1-10(11-4-2-5-11)19-15-13(17(20)21)6-3-7-14(15)18-16(19)12-8-9-12/h3,6-7,10-12H,2,4-5,8-9H2,1H3,(H,20,21). The number of carbonyl (C=O) groups is 1. The maximum absolute atomic E-state index is 11.6. The quantitative estimate of drug-likeness (QED) is 0.924. The summed E-state index contributed by atoms with van der Waals surface area (Å²) < 4.78 is 2.25. The minimum Gasteiger partial charge on any atom is -0.478 e. The number of hydrogen-bond donors (Lipinski definition) is 1. The van der Waals surface area contributed by atoms with Crippen LogP contribution < -0.4 is 0 Å². The molecule has 1 N–H and O–H groups in total. The Bertz CT molecular complexity index is 711. The lowest BCUT2D eigenvalue weighted by atomic mass is 9.80. The average Bonchev–Trinajstić information content (AvgIpc) is 3.15. The third kappa shape index (κ3) is 1.96. The van der Waals surface area contributed by atoms with Gasteiger partial charge in [-0.05, 0) is 50.7 Å². The van der Waals surface area contributed by atoms with Crippen LogP contribution >= 0.6 is 0 Å². The van der Waals surface area contributed by atoms with E-state index in [1.807, 2.05) is 6.07 Å². The predicted octanol–water partition coefficient (Wildman–Crippen LogP) is 3.97. The molecule has 0 aliphatic heterocycles. The van der Waals surface area contributed by atoms with E-state index in [-0.39, 0.29) is 0 Å². The Morgan fingerprint density at radius 3 is 2.67 bits per heavy atom. The van der Waals surface area contributed by atoms with Crippen LogP contribution in [0.25, 0.3) is 11.0 Å². The maximum Gasteiger partial charge on any atom is 0.337 e. The summed E-state index contributed by atoms with van der Waals surface area (Å²) in [4.78, 5) is 16.4. The zero-order valence-corrected chi connectivity index (χ0v) is 12.2. The molecule has 1 aromatic heterocycles. The Morgan fingerprint density at radius 2 is 2.10 bits per heavy atom. The molecule has 2 fully saturated rings. The van der Waals surface area contributed by atoms with E-state index >= 15 is 0 Å². The van der Waals surface area contributed by atoms with Gasteiger partial charge in [-0.25, -0.2) is 9.78 Å². The largest absolute Gasteiger partial charge is 0.478 e. The van der Waals surface area contributed by atoms with Crippen LogP contribution in [0, 0.1) is 5.92 Å². The highest BCUT2D eigenvalue weighted by atomic mass is 16.4. The zero-order valence-electron chi connectivity index (χ0n) is 12.2. The molecule has 0 radical (unpaired) electrons. The maximum atomic E-state index is 11.6. The molecule has 1 atom stereocenters. The molecule has 0 amide bonds. The van der Waals surface area contributed by atoms with E-state index in [0.29, 0.717) is 23.4 Å². The highest BCUT2D eigenvalue weighted by molar-refractivity contribution is 6.01. The first kappa shape index (κ1) is 12.9. The van der Waals surface area contributed by atoms with Gasteiger partial charge in [0.05, 0.1) is 16.6 Å². The summed E-state index contributed by atoms with van der Waals surface area (Å²) >= 11 is 0. The number of carboxylic acid groups (broad SMARTS) is 1. The van der Waals surface area contributed by atoms with Crippen molar-refractivity contribution in [3.8, 4) is 0 Å². The molecule has 0 saturated heterocycles. The van der Waals surface area contributed by atoms with Gasteiger partial charge in [0.15, 0.2) is 0 Å². The Kier molecular flexibility index (Phi) is 2.81. The first-order valence-electron chi connectivity index (χ1n) is 7.91. The fraction of sp³-hybridized carbons (Fsp3) is 0.529. The fourth-order valence-corrected chi connectivity index (χ4v) is 3.51. The summed E-state index contributed by atoms with van der Waals surface area (Å²) in [6, 6.07) is 5.79. The van der Waals surface area contributed by atoms with Gasteiger partial charge in [0.2, 0.25) is 0 Å². The number of benzene rings is 1. The van der Waals surface area contributed by atoms with Crippen LogP contribution in [0.4, 0.5) is 0 Å². The van der Waals surface area contributed by atoms with E-state index in [0.717, 1.165) is 16.9 Å². The van der Waals surface area contributed by atoms with E-state index in [1.54, 1.807) is 12.1 Å². The third-order valence-electron chi connectivity index (χ3n) is 5.15. The van der Waals surface area contributed by atoms with Crippen molar-refractivity contribution < 1.29 is 9.90 Å². The van der Waals surface area contributed by atoms with Gasteiger partial charge in [0.25, 0.3) is 0 Å². The molecule has 0 spiro atoms. The van der Waals surface area contributed by atoms with E-state index < -0.39 is 5.97 Å². The molecule has 4 rings (SSSR count). The summed E-state index contributed by atoms with van der Waals surface area (Å²) in [7, 11) is 0. The molecule has 2 aliphatic rings. The first-order valence-corrected chi connectivity index (χ1v) is 7.91. The van der Waals surface area contributed by atoms with Gasteiger partial charge in [-0.15, -0.1) is 0 Å². The van der Waals surface area contributed by atoms with Gasteiger partial charge in [-0.2, -0.15) is 0 Å². The van der Waals surface area contributed by atoms with Crippen molar-refractivity contribution >= 4 is 17.0 Å². The molecule has 2 aromatic rings. The molecule has 1 aromatic carbocycles. The second-order valence-corrected chi connectivity index (χ2v) is 6.52. The normalized spacial score (nSPS) is 20.4. The molecule has 2 aliphatic carbocycles. The van der Waals surface area contributed by atoms with Gasteiger partial charge >= 0.3 is 5.97 Å². The average molecular weight is 284 g/mol. The van der Waals surface area contributed by atoms with E-state index in [9.17, 15) is 9.90 Å². The number of fused-ring (bicyclic) bond motifs is 1. The zero-order chi connectivity index (χ0) is 14.6. The van der Waals surface area contributed by atoms with Crippen molar-refractivity contribution in [2.24, 2.45) is 5.92 Å². The Hall–Kier alpha value is -1.84. The topological polar surface area (TPSA) is 55.1 Å². The van der Waals surface area contributed by atoms with Gasteiger partial charge in [-0.3, -0.25) is 0 Å². The lowest BCUT2D eigenvalue weighted by Gasteiger charge is -2.33. The van der Waals surface area contributed by atoms with Gasteiger partial charge < -0.3 is 9.67 Å². The van der Waals surface area contributed by atoms with Crippen LogP contribution in [0.15, 0.2) is 18.2 Å². The van der Waals surface area contributed by atoms with Crippen molar-refractivity contribution in [3.05, 3.63) is 29.6 Å². The minimum atomic E-state index is -0.857. The molecule has 1 unspecified atom stereocenters. The highest BCUT2D eigenvalue weighted by Crippen LogP contribution is 2.45. The second-order valence-electron chi connectivity index (χ2n) is 6.52. The lowest BCUT2D eigenvalue weighted by Crippen LogP contribution is -2.24. The van der Waals surface area contributed by atoms with E-state index in [1.165, 1.54) is 32.1 Å². The predicted molar refractivity (Wildman–Crippen MR) is 80.7 cm³/mol. The Morgan fingerprint density at radius 1 is 1.33 bits per heavy atom. The molecule has 21 heavy (non-hydrogen) atoms. The number of aromatic nitrogens is 2. The third-order valence-corrected chi connectivity index (χ3v) is 5.15. The van der Waals surface area contributed by atoms with Crippen LogP contribution in [0.3, 0.4) is 0 Å². The second kappa shape index (κ2) is 4.58. The van der Waals surface area contributed by atoms with Crippen LogP contribution in [0.5, 0.6) is 0 Å². The van der Waals surface area contributed by atoms with Crippen LogP contribution in [-0.4, -0.2) is 20.6 Å². The van der Waals surface area contributed by atoms with Crippen molar-refractivity contribution in [1.29, 1.82) is 0 Å². The van der Waals surface area contributed by atoms with E-state index in [4.69, 9.17) is 4.98 Å². The van der Waals surface area contributed by atoms with Crippen molar-refractivity contribution in [2.75, 3.05) is 0 Å². The molecular weight excluding hydrogens is 264 g/mol. The summed E-state index contributed by atoms with van der Waals surface area (Å²) in [5, 5.41) is 9.52. The molecule has 2 saturated carbocycles.